The number of carbonyl (C=O) groups is 2. The summed E-state index contributed by atoms with van der Waals surface area (Å²) in [6.07, 6.45) is 0.224. The first-order valence-corrected chi connectivity index (χ1v) is 9.22. The summed E-state index contributed by atoms with van der Waals surface area (Å²) >= 11 is 1.52. The van der Waals surface area contributed by atoms with Crippen LogP contribution in [0.3, 0.4) is 0 Å². The largest absolute Gasteiger partial charge is 0.351 e. The maximum absolute atomic E-state index is 12.5. The van der Waals surface area contributed by atoms with E-state index < -0.39 is 6.03 Å². The van der Waals surface area contributed by atoms with Crippen LogP contribution >= 0.6 is 11.3 Å². The Bertz CT molecular complexity index is 980. The quantitative estimate of drug-likeness (QED) is 0.622. The molecule has 1 heterocycles. The van der Waals surface area contributed by atoms with Crippen LogP contribution < -0.4 is 16.4 Å². The second kappa shape index (κ2) is 8.01. The van der Waals surface area contributed by atoms with Crippen molar-refractivity contribution in [2.45, 2.75) is 20.3 Å². The Kier molecular flexibility index (Phi) is 5.52. The fourth-order valence-electron chi connectivity index (χ4n) is 2.69. The molecule has 0 aliphatic rings. The molecule has 0 bridgehead atoms. The number of benzene rings is 2. The molecule has 3 rings (SSSR count). The molecule has 6 nitrogen and oxygen atoms in total. The number of hydrogen-bond acceptors (Lipinski definition) is 4. The van der Waals surface area contributed by atoms with E-state index in [0.717, 1.165) is 21.1 Å². The Labute approximate surface area is 161 Å². The Hall–Kier alpha value is -3.19. The molecule has 0 unspecified atom stereocenters. The molecule has 0 saturated carbocycles. The number of nitrogens with two attached hydrogens (primary N) is 1. The summed E-state index contributed by atoms with van der Waals surface area (Å²) in [5.74, 6) is -0.150. The van der Waals surface area contributed by atoms with Crippen molar-refractivity contribution in [1.29, 1.82) is 0 Å². The summed E-state index contributed by atoms with van der Waals surface area (Å²) < 4.78 is 0. The van der Waals surface area contributed by atoms with E-state index in [1.165, 1.54) is 16.9 Å². The molecule has 2 aromatic carbocycles. The monoisotopic (exact) mass is 380 g/mol. The van der Waals surface area contributed by atoms with Crippen molar-refractivity contribution < 1.29 is 9.59 Å². The zero-order valence-electron chi connectivity index (χ0n) is 15.1. The highest BCUT2D eigenvalue weighted by Crippen LogP contribution is 2.29. The maximum atomic E-state index is 12.5. The lowest BCUT2D eigenvalue weighted by atomic mass is 10.1. The van der Waals surface area contributed by atoms with Crippen molar-refractivity contribution in [1.82, 2.24) is 4.98 Å². The zero-order chi connectivity index (χ0) is 19.4. The Balaban J connectivity index is 1.75. The molecule has 0 aliphatic heterocycles. The standard InChI is InChI=1S/C20H20N4O2S/c1-12-6-8-14(9-7-12)19-17(27-13(2)22-19)11-18(25)23-15-4-3-5-16(10-15)24-20(21)26/h3-10H,11H2,1-2H3,(H,23,25)(H3,21,24,26). The molecule has 3 aromatic rings. The average Bonchev–Trinajstić information content (AvgIpc) is 2.95. The fourth-order valence-corrected chi connectivity index (χ4v) is 3.65. The Morgan fingerprint density at radius 2 is 1.70 bits per heavy atom. The number of anilines is 2. The highest BCUT2D eigenvalue weighted by atomic mass is 32.1. The molecule has 0 atom stereocenters. The third-order valence-electron chi connectivity index (χ3n) is 3.86. The van der Waals surface area contributed by atoms with E-state index >= 15 is 0 Å². The summed E-state index contributed by atoms with van der Waals surface area (Å²) in [5, 5.41) is 6.25. The molecule has 7 heteroatoms. The van der Waals surface area contributed by atoms with Gasteiger partial charge in [0.15, 0.2) is 0 Å². The lowest BCUT2D eigenvalue weighted by molar-refractivity contribution is -0.115. The molecule has 0 radical (unpaired) electrons. The second-order valence-corrected chi connectivity index (χ2v) is 7.45. The van der Waals surface area contributed by atoms with Crippen LogP contribution in [0.2, 0.25) is 0 Å². The lowest BCUT2D eigenvalue weighted by Crippen LogP contribution is -2.19. The van der Waals surface area contributed by atoms with E-state index in [4.69, 9.17) is 5.73 Å². The van der Waals surface area contributed by atoms with Crippen LogP contribution in [0, 0.1) is 13.8 Å². The topological polar surface area (TPSA) is 97.1 Å². The SMILES string of the molecule is Cc1ccc(-c2nc(C)sc2CC(=O)Nc2cccc(NC(N)=O)c2)cc1. The number of aryl methyl sites for hydroxylation is 2. The summed E-state index contributed by atoms with van der Waals surface area (Å²) in [7, 11) is 0. The molecule has 1 aromatic heterocycles. The van der Waals surface area contributed by atoms with Gasteiger partial charge in [-0.05, 0) is 32.0 Å². The first-order valence-electron chi connectivity index (χ1n) is 8.40. The second-order valence-electron chi connectivity index (χ2n) is 6.17. The number of urea groups is 1. The number of thiazole rings is 1. The summed E-state index contributed by atoms with van der Waals surface area (Å²) in [5.41, 5.74) is 9.25. The highest BCUT2D eigenvalue weighted by Gasteiger charge is 2.15. The van der Waals surface area contributed by atoms with E-state index in [0.29, 0.717) is 11.4 Å². The van der Waals surface area contributed by atoms with E-state index in [1.54, 1.807) is 24.3 Å². The molecular weight excluding hydrogens is 360 g/mol. The number of nitrogens with one attached hydrogen (secondary N) is 2. The van der Waals surface area contributed by atoms with Gasteiger partial charge in [-0.3, -0.25) is 4.79 Å². The van der Waals surface area contributed by atoms with Gasteiger partial charge in [0.25, 0.3) is 0 Å². The third-order valence-corrected chi connectivity index (χ3v) is 4.84. The summed E-state index contributed by atoms with van der Waals surface area (Å²) in [6, 6.07) is 14.3. The van der Waals surface area contributed by atoms with Gasteiger partial charge < -0.3 is 16.4 Å². The van der Waals surface area contributed by atoms with Crippen LogP contribution in [0.4, 0.5) is 16.2 Å². The van der Waals surface area contributed by atoms with Crippen molar-refractivity contribution in [2.75, 3.05) is 10.6 Å². The van der Waals surface area contributed by atoms with E-state index in [-0.39, 0.29) is 12.3 Å². The molecule has 138 valence electrons. The predicted molar refractivity (Wildman–Crippen MR) is 109 cm³/mol. The minimum Gasteiger partial charge on any atom is -0.351 e. The van der Waals surface area contributed by atoms with Gasteiger partial charge in [0.2, 0.25) is 5.91 Å². The van der Waals surface area contributed by atoms with Gasteiger partial charge in [0.05, 0.1) is 17.1 Å². The summed E-state index contributed by atoms with van der Waals surface area (Å²) in [6.45, 7) is 3.97. The van der Waals surface area contributed by atoms with Crippen LogP contribution in [0.15, 0.2) is 48.5 Å². The highest BCUT2D eigenvalue weighted by molar-refractivity contribution is 7.12. The van der Waals surface area contributed by atoms with Crippen molar-refractivity contribution >= 4 is 34.6 Å². The van der Waals surface area contributed by atoms with Crippen molar-refractivity contribution in [3.8, 4) is 11.3 Å². The van der Waals surface area contributed by atoms with Gasteiger partial charge in [0.1, 0.15) is 0 Å². The molecule has 3 amide bonds. The van der Waals surface area contributed by atoms with E-state index in [1.807, 2.05) is 38.1 Å². The van der Waals surface area contributed by atoms with Gasteiger partial charge in [0, 0.05) is 21.8 Å². The number of carbonyl (C=O) groups excluding carboxylic acids is 2. The molecule has 0 fully saturated rings. The van der Waals surface area contributed by atoms with Crippen LogP contribution in [0.1, 0.15) is 15.4 Å². The van der Waals surface area contributed by atoms with Gasteiger partial charge in [-0.25, -0.2) is 9.78 Å². The third kappa shape index (κ3) is 4.92. The summed E-state index contributed by atoms with van der Waals surface area (Å²) in [4.78, 5) is 29.0. The molecule has 0 spiro atoms. The van der Waals surface area contributed by atoms with Crippen molar-refractivity contribution in [3.63, 3.8) is 0 Å². The van der Waals surface area contributed by atoms with Gasteiger partial charge in [-0.1, -0.05) is 35.9 Å². The molecule has 0 aliphatic carbocycles. The van der Waals surface area contributed by atoms with Crippen molar-refractivity contribution in [3.05, 3.63) is 64.0 Å². The zero-order valence-corrected chi connectivity index (χ0v) is 15.9. The number of hydrogen-bond donors (Lipinski definition) is 3. The molecule has 4 N–H and O–H groups in total. The predicted octanol–water partition coefficient (Wildman–Crippen LogP) is 4.10. The Morgan fingerprint density at radius 3 is 2.37 bits per heavy atom. The average molecular weight is 380 g/mol. The normalized spacial score (nSPS) is 10.4. The number of aromatic nitrogens is 1. The first-order chi connectivity index (χ1) is 12.9. The smallest absolute Gasteiger partial charge is 0.316 e. The number of nitrogens with zero attached hydrogens (tertiary/aromatic N) is 1. The fraction of sp³-hybridized carbons (Fsp3) is 0.150. The minimum atomic E-state index is -0.652. The number of primary amides is 1. The van der Waals surface area contributed by atoms with Crippen molar-refractivity contribution in [2.24, 2.45) is 5.73 Å². The minimum absolute atomic E-state index is 0.150. The van der Waals surface area contributed by atoms with Gasteiger partial charge in [-0.2, -0.15) is 0 Å². The maximum Gasteiger partial charge on any atom is 0.316 e. The first kappa shape index (κ1) is 18.6. The van der Waals surface area contributed by atoms with Crippen LogP contribution in [-0.4, -0.2) is 16.9 Å². The van der Waals surface area contributed by atoms with E-state index in [9.17, 15) is 9.59 Å². The van der Waals surface area contributed by atoms with Crippen LogP contribution in [-0.2, 0) is 11.2 Å². The van der Waals surface area contributed by atoms with Gasteiger partial charge in [-0.15, -0.1) is 11.3 Å². The Morgan fingerprint density at radius 1 is 1.04 bits per heavy atom. The lowest BCUT2D eigenvalue weighted by Gasteiger charge is -2.08. The molecule has 0 saturated heterocycles. The molecular formula is C20H20N4O2S. The van der Waals surface area contributed by atoms with Crippen LogP contribution in [0.5, 0.6) is 0 Å². The van der Waals surface area contributed by atoms with E-state index in [2.05, 4.69) is 15.6 Å². The molecule has 27 heavy (non-hydrogen) atoms. The van der Waals surface area contributed by atoms with Gasteiger partial charge >= 0.3 is 6.03 Å². The van der Waals surface area contributed by atoms with Crippen LogP contribution in [0.25, 0.3) is 11.3 Å². The number of rotatable bonds is 5. The number of amides is 3.